The van der Waals surface area contributed by atoms with Gasteiger partial charge in [-0.05, 0) is 84.2 Å². The van der Waals surface area contributed by atoms with Crippen LogP contribution >= 0.6 is 0 Å². The van der Waals surface area contributed by atoms with Crippen LogP contribution in [0.2, 0.25) is 0 Å². The van der Waals surface area contributed by atoms with E-state index in [9.17, 15) is 16.4 Å². The zero-order valence-corrected chi connectivity index (χ0v) is 44.2. The predicted molar refractivity (Wildman–Crippen MR) is 325 cm³/mol. The van der Waals surface area contributed by atoms with Crippen LogP contribution in [-0.2, 0) is 21.1 Å². The Balaban J connectivity index is 0.0000110. The van der Waals surface area contributed by atoms with Crippen molar-refractivity contribution in [1.82, 2.24) is 14.1 Å². The van der Waals surface area contributed by atoms with Crippen molar-refractivity contribution in [3.63, 3.8) is 0 Å². The Labute approximate surface area is 526 Å². The van der Waals surface area contributed by atoms with Crippen LogP contribution in [0.25, 0.3) is 83.4 Å². The van der Waals surface area contributed by atoms with Crippen molar-refractivity contribution in [2.45, 2.75) is 6.85 Å². The Morgan fingerprint density at radius 1 is 0.512 bits per heavy atom. The summed E-state index contributed by atoms with van der Waals surface area (Å²) in [5.74, 6) is 0.145. The molecule has 3 aromatic heterocycles. The van der Waals surface area contributed by atoms with Crippen LogP contribution in [0, 0.1) is 25.3 Å². The Morgan fingerprint density at radius 3 is 1.75 bits per heavy atom. The third-order valence-electron chi connectivity index (χ3n) is 13.1. The average molecular weight is 1250 g/mol. The molecule has 0 aliphatic heterocycles. The van der Waals surface area contributed by atoms with Gasteiger partial charge in [0.15, 0.2) is 8.07 Å². The Kier molecular flexibility index (Phi) is 6.96. The van der Waals surface area contributed by atoms with E-state index in [4.69, 9.17) is 32.2 Å². The van der Waals surface area contributed by atoms with Crippen molar-refractivity contribution in [2.75, 3.05) is 0 Å². The first kappa shape index (κ1) is 26.0. The fourth-order valence-corrected chi connectivity index (χ4v) is 13.3. The zero-order valence-electron chi connectivity index (χ0n) is 72.9. The van der Waals surface area contributed by atoms with E-state index in [0.29, 0.717) is 21.8 Å². The minimum absolute atomic E-state index is 0. The van der Waals surface area contributed by atoms with Crippen LogP contribution in [0.5, 0.6) is 11.5 Å². The van der Waals surface area contributed by atoms with E-state index >= 15 is 0 Å². The smallest absolute Gasteiger partial charge is 0.268 e. The van der Waals surface area contributed by atoms with Crippen LogP contribution in [0.4, 0.5) is 0 Å². The van der Waals surface area contributed by atoms with E-state index < -0.39 is 228 Å². The largest absolute Gasteiger partial charge is 0.510 e. The van der Waals surface area contributed by atoms with Crippen molar-refractivity contribution < 1.29 is 74.2 Å². The number of pyridine rings is 1. The first-order valence-corrected chi connectivity index (χ1v) is 26.1. The Hall–Kier alpha value is -9.45. The summed E-state index contributed by atoms with van der Waals surface area (Å²) >= 11 is 0. The minimum atomic E-state index is -6.42. The molecule has 0 unspecified atom stereocenters. The molecule has 14 rings (SSSR count). The van der Waals surface area contributed by atoms with Gasteiger partial charge >= 0.3 is 0 Å². The second kappa shape index (κ2) is 21.4. The Bertz CT molecular complexity index is 6150. The number of benzene rings is 11. The molecule has 0 N–H and O–H groups in total. The summed E-state index contributed by atoms with van der Waals surface area (Å²) in [5.41, 5.74) is -1.78. The van der Waals surface area contributed by atoms with Gasteiger partial charge in [0.2, 0.25) is 0 Å². The van der Waals surface area contributed by atoms with Crippen molar-refractivity contribution in [3.05, 3.63) is 309 Å². The summed E-state index contributed by atoms with van der Waals surface area (Å²) in [7, 11) is -6.42. The predicted octanol–water partition coefficient (Wildman–Crippen LogP) is 14.3. The van der Waals surface area contributed by atoms with Crippen molar-refractivity contribution in [2.24, 2.45) is 0 Å². The molecule has 0 fully saturated rings. The number of nitrogens with zero attached hydrogens (tertiary/aromatic N) is 4. The number of hydrogen-bond acceptors (Lipinski definition) is 2. The van der Waals surface area contributed by atoms with Gasteiger partial charge in [-0.1, -0.05) is 241 Å². The maximum absolute atomic E-state index is 10.8. The molecule has 0 radical (unpaired) electrons. The van der Waals surface area contributed by atoms with Crippen LogP contribution in [0.1, 0.15) is 49.4 Å². The van der Waals surface area contributed by atoms with Crippen LogP contribution in [0.15, 0.2) is 285 Å². The van der Waals surface area contributed by atoms with Crippen molar-refractivity contribution >= 4 is 61.7 Å². The van der Waals surface area contributed by atoms with E-state index in [1.807, 2.05) is 6.07 Å². The molecule has 3 heterocycles. The molecular formula is C73H50N4OPtSi-2. The first-order valence-electron chi connectivity index (χ1n) is 40.1. The number of aryl methyl sites for hydroxylation is 1. The number of imidazole rings is 1. The summed E-state index contributed by atoms with van der Waals surface area (Å²) < 4.78 is 304. The summed E-state index contributed by atoms with van der Waals surface area (Å²) in [5, 5.41) is -3.10. The maximum Gasteiger partial charge on any atom is 0.268 e. The molecule has 0 saturated heterocycles. The molecule has 11 aromatic carbocycles. The van der Waals surface area contributed by atoms with Crippen molar-refractivity contribution in [1.29, 1.82) is 0 Å². The van der Waals surface area contributed by atoms with E-state index in [1.165, 1.54) is 33.4 Å². The van der Waals surface area contributed by atoms with E-state index in [1.54, 1.807) is 77.4 Å². The maximum atomic E-state index is 10.8. The van der Waals surface area contributed by atoms with Crippen LogP contribution in [0.3, 0.4) is 0 Å². The molecule has 0 aliphatic carbocycles. The number of hydrogen-bond donors (Lipinski definition) is 0. The molecular weight excluding hydrogens is 1170 g/mol. The summed E-state index contributed by atoms with van der Waals surface area (Å²) in [4.78, 5) is 4.65. The molecule has 0 atom stereocenters. The molecule has 0 saturated carbocycles. The normalized spacial score (nSPS) is 17.2. The quantitative estimate of drug-likeness (QED) is 0.0529. The molecule has 7 heteroatoms. The second-order valence-electron chi connectivity index (χ2n) is 17.5. The van der Waals surface area contributed by atoms with Gasteiger partial charge in [-0.3, -0.25) is 4.57 Å². The molecule has 80 heavy (non-hydrogen) atoms. The van der Waals surface area contributed by atoms with Gasteiger partial charge in [0.1, 0.15) is 5.82 Å². The minimum Gasteiger partial charge on any atom is -0.510 e. The molecule has 0 spiro atoms. The molecule has 0 aliphatic rings. The van der Waals surface area contributed by atoms with E-state index in [2.05, 4.69) is 23.4 Å². The van der Waals surface area contributed by atoms with E-state index in [0.717, 1.165) is 6.20 Å². The molecule has 14 aromatic rings. The van der Waals surface area contributed by atoms with Gasteiger partial charge in [0, 0.05) is 54.0 Å². The molecule has 384 valence electrons. The monoisotopic (exact) mass is 1250 g/mol. The van der Waals surface area contributed by atoms with Gasteiger partial charge < -0.3 is 13.9 Å². The zero-order chi connectivity index (χ0) is 80.4. The molecule has 5 nitrogen and oxygen atoms in total. The van der Waals surface area contributed by atoms with E-state index in [-0.39, 0.29) is 83.0 Å². The topological polar surface area (TPSA) is 35.9 Å². The number of para-hydroxylation sites is 4. The van der Waals surface area contributed by atoms with Crippen LogP contribution < -0.4 is 30.1 Å². The molecule has 0 bridgehead atoms. The molecule has 0 amide bonds. The average Bonchev–Trinajstić information content (AvgIpc) is 0.802. The third kappa shape index (κ3) is 8.80. The summed E-state index contributed by atoms with van der Waals surface area (Å²) in [6, 6.07) is 3.66. The Morgan fingerprint density at radius 2 is 1.07 bits per heavy atom. The van der Waals surface area contributed by atoms with Gasteiger partial charge in [-0.25, -0.2) is 4.98 Å². The fourth-order valence-electron chi connectivity index (χ4n) is 9.77. The standard InChI is InChI=1S/C73H50N4OSi.Pt/c1-52-46-72(74-50-67(52)54-26-9-3-10-27-54)77-68-41-18-17-38-65(68)66-45-44-58(49-71(66)77)78-57-30-22-29-56(48-57)75-51-76(70-43-20-19-42-69(70)75)73-63(53-24-7-2-8-25-53)39-23-40-64(73)55-28-21-37-62(47-55)79(59-31-11-4-12-32-59,60-33-13-5-14-34-60)61-35-15-6-16-36-61;/h2-47,50H,1H3;/q-2;/i1D3,2D,3D,4D,5D,6D,7D,8D,9D,10D,11D,12D,13D,14D,15D,16D,21D,24D,25D,26D,27D,28D,31D,32D,33D,34D,35D,36D,37D,47D;. The second-order valence-corrected chi connectivity index (χ2v) is 21.0. The SMILES string of the molecule is [2H]c1c([2H])c([2H])c(-c2cnc(-n3c4[c-]c(Oc5[c-]c(-n6[c-][n+](-c7c(-c8c([2H])c([2H])c([2H])c([2H])c8[2H])cccc7-c7c([2H])c([2H])c([2H])c([Si](c8c([2H])c([2H])c([2H])c([2H])c8[2H])(c8c([2H])c([2H])c([2H])c([2H])c8[2H])c8c([2H])c([2H])c([2H])c([2H])c8[2H])c7[2H])c7ccccc76)ccc5)ccc4c4ccccc43)cc2C([2H])([2H])[2H])c([2H])c1[2H].[Pt]. The third-order valence-corrected chi connectivity index (χ3v) is 17.1. The number of fused-ring (bicyclic) bond motifs is 4. The van der Waals surface area contributed by atoms with Gasteiger partial charge in [-0.15, -0.1) is 29.7 Å². The first-order chi connectivity index (χ1) is 52.3. The van der Waals surface area contributed by atoms with Gasteiger partial charge in [-0.2, -0.15) is 18.2 Å². The van der Waals surface area contributed by atoms with Gasteiger partial charge in [0.05, 0.1) is 56.5 Å². The number of rotatable bonds is 12. The summed E-state index contributed by atoms with van der Waals surface area (Å²) in [6.07, 6.45) is 4.41. The van der Waals surface area contributed by atoms with Crippen LogP contribution in [-0.4, -0.2) is 22.2 Å². The number of ether oxygens (including phenoxy) is 1. The number of aromatic nitrogens is 4. The summed E-state index contributed by atoms with van der Waals surface area (Å²) in [6.45, 7) is -2.92. The fraction of sp³-hybridized carbons (Fsp3) is 0.0137. The van der Waals surface area contributed by atoms with Gasteiger partial charge in [0.25, 0.3) is 6.33 Å². The van der Waals surface area contributed by atoms with Crippen molar-refractivity contribution in [3.8, 4) is 62.1 Å².